The molecule has 0 aliphatic carbocycles. The Morgan fingerprint density at radius 1 is 1.28 bits per heavy atom. The lowest BCUT2D eigenvalue weighted by molar-refractivity contribution is 0.451. The number of hydrogen-bond acceptors (Lipinski definition) is 4. The van der Waals surface area contributed by atoms with Gasteiger partial charge in [-0.25, -0.2) is 9.36 Å². The van der Waals surface area contributed by atoms with Gasteiger partial charge in [0.15, 0.2) is 11.4 Å². The average Bonchev–Trinajstić information content (AvgIpc) is 2.72. The van der Waals surface area contributed by atoms with Crippen molar-refractivity contribution in [1.29, 1.82) is 0 Å². The largest absolute Gasteiger partial charge is 0.354 e. The molecular weight excluding hydrogens is 234 g/mol. The van der Waals surface area contributed by atoms with Crippen LogP contribution in [0.15, 0.2) is 44.6 Å². The second-order valence-corrected chi connectivity index (χ2v) is 3.99. The molecule has 6 nitrogen and oxygen atoms in total. The maximum Gasteiger partial charge on any atom is 0.334 e. The third kappa shape index (κ3) is 1.55. The summed E-state index contributed by atoms with van der Waals surface area (Å²) in [6.07, 6.45) is 1.37. The second kappa shape index (κ2) is 3.69. The van der Waals surface area contributed by atoms with Crippen LogP contribution >= 0.6 is 0 Å². The number of nitrogens with zero attached hydrogens (tertiary/aromatic N) is 2. The third-order valence-corrected chi connectivity index (χ3v) is 2.66. The van der Waals surface area contributed by atoms with E-state index < -0.39 is 11.2 Å². The second-order valence-electron chi connectivity index (χ2n) is 3.99. The molecule has 1 N–H and O–H groups in total. The topological polar surface area (TPSA) is 80.9 Å². The van der Waals surface area contributed by atoms with Crippen LogP contribution in [-0.4, -0.2) is 14.7 Å². The van der Waals surface area contributed by atoms with Gasteiger partial charge in [-0.05, 0) is 24.6 Å². The first-order valence-electron chi connectivity index (χ1n) is 5.33. The summed E-state index contributed by atoms with van der Waals surface area (Å²) in [4.78, 5) is 24.9. The molecule has 3 rings (SSSR count). The third-order valence-electron chi connectivity index (χ3n) is 2.66. The van der Waals surface area contributed by atoms with E-state index in [9.17, 15) is 9.59 Å². The van der Waals surface area contributed by atoms with Crippen LogP contribution < -0.4 is 11.2 Å². The van der Waals surface area contributed by atoms with Gasteiger partial charge in [0.2, 0.25) is 0 Å². The first-order chi connectivity index (χ1) is 8.65. The van der Waals surface area contributed by atoms with E-state index in [0.29, 0.717) is 11.4 Å². The number of aromatic nitrogens is 3. The molecule has 3 aromatic rings. The molecule has 6 heteroatoms. The summed E-state index contributed by atoms with van der Waals surface area (Å²) < 4.78 is 6.41. The first kappa shape index (κ1) is 10.5. The summed E-state index contributed by atoms with van der Waals surface area (Å²) in [6, 6.07) is 6.83. The summed E-state index contributed by atoms with van der Waals surface area (Å²) >= 11 is 0. The fourth-order valence-electron chi connectivity index (χ4n) is 1.79. The summed E-state index contributed by atoms with van der Waals surface area (Å²) in [5, 5.41) is 4.58. The van der Waals surface area contributed by atoms with Gasteiger partial charge in [0.1, 0.15) is 0 Å². The van der Waals surface area contributed by atoms with Crippen molar-refractivity contribution in [3.8, 4) is 5.82 Å². The average molecular weight is 243 g/mol. The van der Waals surface area contributed by atoms with Crippen LogP contribution in [0.25, 0.3) is 16.8 Å². The highest BCUT2D eigenvalue weighted by Gasteiger charge is 2.11. The SMILES string of the molecule is Cc1ccc2c(-n3ccc(=O)[nH]c3=O)noc2c1. The number of rotatable bonds is 1. The quantitative estimate of drug-likeness (QED) is 0.690. The molecular formula is C12H9N3O3. The van der Waals surface area contributed by atoms with Gasteiger partial charge in [-0.2, -0.15) is 0 Å². The van der Waals surface area contributed by atoms with Crippen LogP contribution in [0.3, 0.4) is 0 Å². The number of benzene rings is 1. The minimum absolute atomic E-state index is 0.367. The zero-order valence-corrected chi connectivity index (χ0v) is 9.51. The number of fused-ring (bicyclic) bond motifs is 1. The van der Waals surface area contributed by atoms with E-state index in [1.165, 1.54) is 16.8 Å². The summed E-state index contributed by atoms with van der Waals surface area (Å²) in [5.41, 5.74) is 0.653. The Labute approximate surface area is 100 Å². The van der Waals surface area contributed by atoms with Crippen molar-refractivity contribution in [3.05, 3.63) is 56.9 Å². The van der Waals surface area contributed by atoms with E-state index in [2.05, 4.69) is 10.1 Å². The molecule has 0 bridgehead atoms. The fraction of sp³-hybridized carbons (Fsp3) is 0.0833. The molecule has 0 saturated carbocycles. The Kier molecular flexibility index (Phi) is 2.16. The number of H-pyrrole nitrogens is 1. The van der Waals surface area contributed by atoms with Crippen molar-refractivity contribution in [3.63, 3.8) is 0 Å². The molecule has 0 aliphatic heterocycles. The van der Waals surface area contributed by atoms with Crippen molar-refractivity contribution in [2.24, 2.45) is 0 Å². The molecule has 0 unspecified atom stereocenters. The lowest BCUT2D eigenvalue weighted by atomic mass is 10.2. The van der Waals surface area contributed by atoms with Crippen molar-refractivity contribution in [2.45, 2.75) is 6.92 Å². The number of nitrogens with one attached hydrogen (secondary N) is 1. The zero-order chi connectivity index (χ0) is 12.7. The molecule has 0 spiro atoms. The van der Waals surface area contributed by atoms with Gasteiger partial charge in [0.25, 0.3) is 5.56 Å². The molecule has 0 fully saturated rings. The molecule has 2 aromatic heterocycles. The van der Waals surface area contributed by atoms with E-state index in [0.717, 1.165) is 10.9 Å². The van der Waals surface area contributed by atoms with Crippen molar-refractivity contribution >= 4 is 11.0 Å². The Hall–Kier alpha value is -2.63. The summed E-state index contributed by atoms with van der Waals surface area (Å²) in [6.45, 7) is 1.94. The lowest BCUT2D eigenvalue weighted by Crippen LogP contribution is -2.27. The number of hydrogen-bond donors (Lipinski definition) is 1. The standard InChI is InChI=1S/C12H9N3O3/c1-7-2-3-8-9(6-7)18-14-11(8)15-5-4-10(16)13-12(15)17/h2-6H,1H3,(H,13,16,17). The lowest BCUT2D eigenvalue weighted by Gasteiger charge is -1.99. The van der Waals surface area contributed by atoms with Gasteiger partial charge in [-0.1, -0.05) is 11.2 Å². The highest BCUT2D eigenvalue weighted by atomic mass is 16.5. The first-order valence-corrected chi connectivity index (χ1v) is 5.33. The number of aryl methyl sites for hydroxylation is 1. The van der Waals surface area contributed by atoms with Crippen LogP contribution in [0.4, 0.5) is 0 Å². The van der Waals surface area contributed by atoms with Gasteiger partial charge in [-0.15, -0.1) is 0 Å². The maximum absolute atomic E-state index is 11.7. The van der Waals surface area contributed by atoms with E-state index >= 15 is 0 Å². The monoisotopic (exact) mass is 243 g/mol. The molecule has 0 amide bonds. The predicted octanol–water partition coefficient (Wildman–Crippen LogP) is 0.975. The van der Waals surface area contributed by atoms with Gasteiger partial charge in [0.05, 0.1) is 5.39 Å². The van der Waals surface area contributed by atoms with Crippen LogP contribution in [0.1, 0.15) is 5.56 Å². The van der Waals surface area contributed by atoms with E-state index in [1.807, 2.05) is 25.1 Å². The maximum atomic E-state index is 11.7. The van der Waals surface area contributed by atoms with Gasteiger partial charge in [0, 0.05) is 12.3 Å². The minimum atomic E-state index is -0.543. The highest BCUT2D eigenvalue weighted by Crippen LogP contribution is 2.21. The van der Waals surface area contributed by atoms with Crippen molar-refractivity contribution in [1.82, 2.24) is 14.7 Å². The predicted molar refractivity (Wildman–Crippen MR) is 65.0 cm³/mol. The van der Waals surface area contributed by atoms with Crippen LogP contribution in [0, 0.1) is 6.92 Å². The Balaban J connectivity index is 2.32. The molecule has 0 atom stereocenters. The zero-order valence-electron chi connectivity index (χ0n) is 9.51. The van der Waals surface area contributed by atoms with Crippen LogP contribution in [-0.2, 0) is 0 Å². The van der Waals surface area contributed by atoms with Crippen LogP contribution in [0.5, 0.6) is 0 Å². The van der Waals surface area contributed by atoms with Crippen molar-refractivity contribution < 1.29 is 4.52 Å². The Bertz CT molecular complexity index is 841. The van der Waals surface area contributed by atoms with Crippen LogP contribution in [0.2, 0.25) is 0 Å². The summed E-state index contributed by atoms with van der Waals surface area (Å²) in [5.74, 6) is 0.367. The minimum Gasteiger partial charge on any atom is -0.354 e. The number of aromatic amines is 1. The fourth-order valence-corrected chi connectivity index (χ4v) is 1.79. The summed E-state index contributed by atoms with van der Waals surface area (Å²) in [7, 11) is 0. The molecule has 18 heavy (non-hydrogen) atoms. The van der Waals surface area contributed by atoms with E-state index in [-0.39, 0.29) is 0 Å². The highest BCUT2D eigenvalue weighted by molar-refractivity contribution is 5.84. The molecule has 1 aromatic carbocycles. The van der Waals surface area contributed by atoms with Gasteiger partial charge < -0.3 is 4.52 Å². The van der Waals surface area contributed by atoms with Crippen molar-refractivity contribution in [2.75, 3.05) is 0 Å². The normalized spacial score (nSPS) is 10.9. The molecule has 2 heterocycles. The smallest absolute Gasteiger partial charge is 0.334 e. The molecule has 0 radical (unpaired) electrons. The Morgan fingerprint density at radius 3 is 2.89 bits per heavy atom. The van der Waals surface area contributed by atoms with E-state index in [4.69, 9.17) is 4.52 Å². The molecule has 0 aliphatic rings. The molecule has 90 valence electrons. The Morgan fingerprint density at radius 2 is 2.11 bits per heavy atom. The van der Waals surface area contributed by atoms with Gasteiger partial charge >= 0.3 is 5.69 Å². The van der Waals surface area contributed by atoms with E-state index in [1.54, 1.807) is 0 Å². The van der Waals surface area contributed by atoms with Gasteiger partial charge in [-0.3, -0.25) is 9.78 Å². The molecule has 0 saturated heterocycles.